The first kappa shape index (κ1) is 12.1. The van der Waals surface area contributed by atoms with E-state index in [1.807, 2.05) is 0 Å². The zero-order chi connectivity index (χ0) is 5.28. The molecule has 0 spiro atoms. The minimum absolute atomic E-state index is 0. The maximum Gasteiger partial charge on any atom is 0.00643 e. The Kier molecular flexibility index (Phi) is 7.01. The van der Waals surface area contributed by atoms with Crippen LogP contribution in [0.15, 0.2) is 0 Å². The number of likely N-dealkylation sites (tertiary alicyclic amines) is 1. The standard InChI is InChI=1S/C6H13N.BrH.H3N/c1-6-4-3-5-7(6)2;;/h6H,3-5H2,1-2H3;1H;1H3. The summed E-state index contributed by atoms with van der Waals surface area (Å²) in [5.74, 6) is 0. The average Bonchev–Trinajstić information content (AvgIpc) is 1.91. The van der Waals surface area contributed by atoms with Crippen LogP contribution in [0.5, 0.6) is 0 Å². The van der Waals surface area contributed by atoms with E-state index in [1.54, 1.807) is 0 Å². The average molecular weight is 197 g/mol. The van der Waals surface area contributed by atoms with Crippen LogP contribution in [0.2, 0.25) is 0 Å². The van der Waals surface area contributed by atoms with Crippen LogP contribution in [0.4, 0.5) is 0 Å². The van der Waals surface area contributed by atoms with Crippen LogP contribution in [0.25, 0.3) is 0 Å². The van der Waals surface area contributed by atoms with E-state index in [4.69, 9.17) is 0 Å². The van der Waals surface area contributed by atoms with Crippen LogP contribution < -0.4 is 6.15 Å². The van der Waals surface area contributed by atoms with Gasteiger partial charge in [-0.15, -0.1) is 17.0 Å². The molecule has 1 fully saturated rings. The molecule has 9 heavy (non-hydrogen) atoms. The molecule has 0 bridgehead atoms. The highest BCUT2D eigenvalue weighted by Gasteiger charge is 2.14. The second-order valence-electron chi connectivity index (χ2n) is 2.47. The molecular formula is C6H17BrN2. The summed E-state index contributed by atoms with van der Waals surface area (Å²) in [6.07, 6.45) is 2.80. The zero-order valence-corrected chi connectivity index (χ0v) is 7.97. The molecule has 0 aliphatic carbocycles. The lowest BCUT2D eigenvalue weighted by atomic mass is 10.3. The Morgan fingerprint density at radius 1 is 1.44 bits per heavy atom. The Bertz CT molecular complexity index is 60.1. The summed E-state index contributed by atoms with van der Waals surface area (Å²) in [5.41, 5.74) is 0. The van der Waals surface area contributed by atoms with Gasteiger partial charge in [0.25, 0.3) is 0 Å². The lowest BCUT2D eigenvalue weighted by Gasteiger charge is -2.12. The first-order valence-electron chi connectivity index (χ1n) is 3.01. The predicted molar refractivity (Wildman–Crippen MR) is 46.7 cm³/mol. The molecule has 0 saturated carbocycles. The van der Waals surface area contributed by atoms with Crippen LogP contribution in [0.1, 0.15) is 19.8 Å². The van der Waals surface area contributed by atoms with Crippen molar-refractivity contribution in [2.24, 2.45) is 0 Å². The van der Waals surface area contributed by atoms with Crippen molar-refractivity contribution < 1.29 is 0 Å². The maximum atomic E-state index is 2.40. The molecule has 1 heterocycles. The van der Waals surface area contributed by atoms with E-state index < -0.39 is 0 Å². The molecule has 0 radical (unpaired) electrons. The molecule has 1 aliphatic rings. The van der Waals surface area contributed by atoms with E-state index in [0.717, 1.165) is 6.04 Å². The lowest BCUT2D eigenvalue weighted by Crippen LogP contribution is -2.20. The van der Waals surface area contributed by atoms with Gasteiger partial charge in [0.2, 0.25) is 0 Å². The molecule has 0 aromatic carbocycles. The number of hydrogen-bond acceptors (Lipinski definition) is 2. The SMILES string of the molecule is Br.CC1CCCN1C.N. The fourth-order valence-corrected chi connectivity index (χ4v) is 1.08. The van der Waals surface area contributed by atoms with Crippen molar-refractivity contribution in [2.75, 3.05) is 13.6 Å². The third-order valence-corrected chi connectivity index (χ3v) is 1.89. The van der Waals surface area contributed by atoms with E-state index in [-0.39, 0.29) is 23.1 Å². The van der Waals surface area contributed by atoms with E-state index in [0.29, 0.717) is 0 Å². The molecule has 1 saturated heterocycles. The molecule has 2 nitrogen and oxygen atoms in total. The third kappa shape index (κ3) is 3.18. The molecule has 1 atom stereocenters. The van der Waals surface area contributed by atoms with E-state index in [2.05, 4.69) is 18.9 Å². The van der Waals surface area contributed by atoms with Crippen LogP contribution in [-0.4, -0.2) is 24.5 Å². The van der Waals surface area contributed by atoms with Crippen molar-refractivity contribution in [3.63, 3.8) is 0 Å². The minimum Gasteiger partial charge on any atom is -0.344 e. The van der Waals surface area contributed by atoms with Crippen molar-refractivity contribution in [3.05, 3.63) is 0 Å². The Labute approximate surface area is 68.0 Å². The van der Waals surface area contributed by atoms with Gasteiger partial charge in [-0.1, -0.05) is 0 Å². The summed E-state index contributed by atoms with van der Waals surface area (Å²) < 4.78 is 0. The van der Waals surface area contributed by atoms with Crippen molar-refractivity contribution in [1.82, 2.24) is 11.1 Å². The molecule has 3 heteroatoms. The summed E-state index contributed by atoms with van der Waals surface area (Å²) in [6.45, 7) is 3.59. The second-order valence-corrected chi connectivity index (χ2v) is 2.47. The number of hydrogen-bond donors (Lipinski definition) is 1. The summed E-state index contributed by atoms with van der Waals surface area (Å²) in [5, 5.41) is 0. The Hall–Kier alpha value is 0.400. The van der Waals surface area contributed by atoms with E-state index >= 15 is 0 Å². The highest BCUT2D eigenvalue weighted by molar-refractivity contribution is 8.93. The zero-order valence-electron chi connectivity index (χ0n) is 6.26. The number of nitrogens with zero attached hydrogens (tertiary/aromatic N) is 1. The molecule has 1 unspecified atom stereocenters. The Balaban J connectivity index is 0. The van der Waals surface area contributed by atoms with Crippen LogP contribution in [0, 0.1) is 0 Å². The van der Waals surface area contributed by atoms with Gasteiger partial charge in [-0.05, 0) is 33.4 Å². The maximum absolute atomic E-state index is 2.40. The summed E-state index contributed by atoms with van der Waals surface area (Å²) >= 11 is 0. The number of halogens is 1. The summed E-state index contributed by atoms with van der Waals surface area (Å²) in [4.78, 5) is 2.40. The van der Waals surface area contributed by atoms with Gasteiger partial charge >= 0.3 is 0 Å². The molecule has 0 aromatic heterocycles. The van der Waals surface area contributed by atoms with Gasteiger partial charge in [0, 0.05) is 6.04 Å². The van der Waals surface area contributed by atoms with Crippen molar-refractivity contribution in [3.8, 4) is 0 Å². The number of rotatable bonds is 0. The fourth-order valence-electron chi connectivity index (χ4n) is 1.08. The van der Waals surface area contributed by atoms with Gasteiger partial charge in [-0.3, -0.25) is 0 Å². The van der Waals surface area contributed by atoms with Crippen molar-refractivity contribution in [1.29, 1.82) is 0 Å². The fraction of sp³-hybridized carbons (Fsp3) is 1.00. The highest BCUT2D eigenvalue weighted by Crippen LogP contribution is 2.12. The lowest BCUT2D eigenvalue weighted by molar-refractivity contribution is 0.331. The molecule has 3 N–H and O–H groups in total. The van der Waals surface area contributed by atoms with Gasteiger partial charge in [-0.25, -0.2) is 0 Å². The quantitative estimate of drug-likeness (QED) is 0.643. The van der Waals surface area contributed by atoms with Crippen LogP contribution >= 0.6 is 17.0 Å². The predicted octanol–water partition coefficient (Wildman–Crippen LogP) is 1.84. The van der Waals surface area contributed by atoms with Gasteiger partial charge < -0.3 is 11.1 Å². The van der Waals surface area contributed by atoms with Crippen LogP contribution in [0.3, 0.4) is 0 Å². The van der Waals surface area contributed by atoms with E-state index in [1.165, 1.54) is 19.4 Å². The summed E-state index contributed by atoms with van der Waals surface area (Å²) in [6, 6.07) is 0.847. The monoisotopic (exact) mass is 196 g/mol. The topological polar surface area (TPSA) is 38.2 Å². The van der Waals surface area contributed by atoms with Crippen LogP contribution in [-0.2, 0) is 0 Å². The molecule has 1 rings (SSSR count). The minimum atomic E-state index is 0. The highest BCUT2D eigenvalue weighted by atomic mass is 79.9. The molecule has 0 amide bonds. The first-order valence-corrected chi connectivity index (χ1v) is 3.01. The molecule has 1 aliphatic heterocycles. The Morgan fingerprint density at radius 3 is 2.11 bits per heavy atom. The third-order valence-electron chi connectivity index (χ3n) is 1.89. The molecular weight excluding hydrogens is 180 g/mol. The van der Waals surface area contributed by atoms with Crippen molar-refractivity contribution in [2.45, 2.75) is 25.8 Å². The summed E-state index contributed by atoms with van der Waals surface area (Å²) in [7, 11) is 2.19. The van der Waals surface area contributed by atoms with Gasteiger partial charge in [-0.2, -0.15) is 0 Å². The normalized spacial score (nSPS) is 26.7. The van der Waals surface area contributed by atoms with Crippen molar-refractivity contribution >= 4 is 17.0 Å². The smallest absolute Gasteiger partial charge is 0.00643 e. The second kappa shape index (κ2) is 5.21. The Morgan fingerprint density at radius 2 is 2.00 bits per heavy atom. The first-order chi connectivity index (χ1) is 3.30. The molecule has 0 aromatic rings. The largest absolute Gasteiger partial charge is 0.344 e. The van der Waals surface area contributed by atoms with Gasteiger partial charge in [0.05, 0.1) is 0 Å². The molecule has 58 valence electrons. The van der Waals surface area contributed by atoms with Gasteiger partial charge in [0.1, 0.15) is 0 Å². The van der Waals surface area contributed by atoms with E-state index in [9.17, 15) is 0 Å². The van der Waals surface area contributed by atoms with Gasteiger partial charge in [0.15, 0.2) is 0 Å².